The number of nitrogens with two attached hydrogens (primary N) is 1. The van der Waals surface area contributed by atoms with E-state index >= 15 is 0 Å². The van der Waals surface area contributed by atoms with E-state index in [0.717, 1.165) is 12.1 Å². The zero-order valence-electron chi connectivity index (χ0n) is 12.0. The maximum absolute atomic E-state index is 13.2. The monoisotopic (exact) mass is 369 g/mol. The molecule has 1 amide bonds. The highest BCUT2D eigenvalue weighted by Gasteiger charge is 2.23. The van der Waals surface area contributed by atoms with Gasteiger partial charge < -0.3 is 15.6 Å². The summed E-state index contributed by atoms with van der Waals surface area (Å²) in [6.07, 6.45) is 0. The number of anilines is 1. The van der Waals surface area contributed by atoms with Gasteiger partial charge in [0.05, 0.1) is 9.21 Å². The molecule has 2 heterocycles. The predicted molar refractivity (Wildman–Crippen MR) is 86.8 cm³/mol. The first-order valence-corrected chi connectivity index (χ1v) is 7.88. The topological polar surface area (TPSA) is 81.2 Å². The summed E-state index contributed by atoms with van der Waals surface area (Å²) < 4.78 is 31.5. The molecular weight excluding hydrogens is 360 g/mol. The van der Waals surface area contributed by atoms with Crippen LogP contribution in [-0.4, -0.2) is 11.1 Å². The van der Waals surface area contributed by atoms with Crippen molar-refractivity contribution in [3.05, 3.63) is 57.4 Å². The van der Waals surface area contributed by atoms with Crippen molar-refractivity contribution in [3.63, 3.8) is 0 Å². The Balaban J connectivity index is 1.80. The quantitative estimate of drug-likeness (QED) is 0.732. The first-order valence-electron chi connectivity index (χ1n) is 6.68. The number of hydrogen-bond donors (Lipinski definition) is 2. The molecule has 0 aliphatic heterocycles. The number of thiophene rings is 1. The third-order valence-corrected chi connectivity index (χ3v) is 4.43. The molecule has 5 nitrogen and oxygen atoms in total. The highest BCUT2D eigenvalue weighted by Crippen LogP contribution is 2.34. The smallest absolute Gasteiger partial charge is 0.259 e. The van der Waals surface area contributed by atoms with Crippen molar-refractivity contribution in [2.75, 3.05) is 5.73 Å². The lowest BCUT2D eigenvalue weighted by Gasteiger charge is -2.06. The van der Waals surface area contributed by atoms with Crippen LogP contribution < -0.4 is 11.1 Å². The molecule has 0 spiro atoms. The Hall–Kier alpha value is -2.45. The minimum atomic E-state index is -0.986. The van der Waals surface area contributed by atoms with E-state index in [2.05, 4.69) is 10.5 Å². The van der Waals surface area contributed by atoms with Gasteiger partial charge in [0.25, 0.3) is 5.91 Å². The van der Waals surface area contributed by atoms with Gasteiger partial charge in [-0.1, -0.05) is 22.8 Å². The van der Waals surface area contributed by atoms with E-state index in [-0.39, 0.29) is 23.7 Å². The van der Waals surface area contributed by atoms with Crippen LogP contribution in [0.2, 0.25) is 4.34 Å². The molecule has 0 radical (unpaired) electrons. The Kier molecular flexibility index (Phi) is 4.50. The summed E-state index contributed by atoms with van der Waals surface area (Å²) in [4.78, 5) is 13.0. The predicted octanol–water partition coefficient (Wildman–Crippen LogP) is 3.85. The van der Waals surface area contributed by atoms with Gasteiger partial charge in [0.15, 0.2) is 11.6 Å². The number of amides is 1. The molecule has 0 aliphatic carbocycles. The maximum Gasteiger partial charge on any atom is 0.259 e. The molecule has 2 aromatic heterocycles. The summed E-state index contributed by atoms with van der Waals surface area (Å²) >= 11 is 7.10. The number of benzene rings is 1. The lowest BCUT2D eigenvalue weighted by atomic mass is 10.1. The van der Waals surface area contributed by atoms with Crippen molar-refractivity contribution in [1.29, 1.82) is 0 Å². The second kappa shape index (κ2) is 6.58. The van der Waals surface area contributed by atoms with Crippen molar-refractivity contribution in [2.24, 2.45) is 0 Å². The van der Waals surface area contributed by atoms with Crippen molar-refractivity contribution in [1.82, 2.24) is 10.5 Å². The Bertz CT molecular complexity index is 910. The third-order valence-electron chi connectivity index (χ3n) is 3.19. The molecule has 9 heteroatoms. The SMILES string of the molecule is Nc1onc(-c2ccc(Cl)s2)c1C(=O)NCc1ccc(F)c(F)c1. The minimum absolute atomic E-state index is 0.00864. The van der Waals surface area contributed by atoms with Crippen LogP contribution in [0.4, 0.5) is 14.7 Å². The molecule has 3 N–H and O–H groups in total. The van der Waals surface area contributed by atoms with Crippen LogP contribution in [-0.2, 0) is 6.54 Å². The van der Waals surface area contributed by atoms with Gasteiger partial charge in [-0.05, 0) is 29.8 Å². The van der Waals surface area contributed by atoms with E-state index in [4.69, 9.17) is 21.9 Å². The van der Waals surface area contributed by atoms with Gasteiger partial charge >= 0.3 is 0 Å². The van der Waals surface area contributed by atoms with Crippen molar-refractivity contribution in [3.8, 4) is 10.6 Å². The number of halogens is 3. The van der Waals surface area contributed by atoms with Crippen molar-refractivity contribution in [2.45, 2.75) is 6.54 Å². The van der Waals surface area contributed by atoms with Crippen LogP contribution in [0.1, 0.15) is 15.9 Å². The Morgan fingerprint density at radius 1 is 1.29 bits per heavy atom. The molecular formula is C15H10ClF2N3O2S. The summed E-state index contributed by atoms with van der Waals surface area (Å²) in [5.41, 5.74) is 6.41. The average molecular weight is 370 g/mol. The molecule has 1 aromatic carbocycles. The maximum atomic E-state index is 13.2. The molecule has 0 unspecified atom stereocenters. The summed E-state index contributed by atoms with van der Waals surface area (Å²) in [6, 6.07) is 6.72. The van der Waals surface area contributed by atoms with E-state index in [1.165, 1.54) is 17.4 Å². The second-order valence-electron chi connectivity index (χ2n) is 4.81. The largest absolute Gasteiger partial charge is 0.367 e. The highest BCUT2D eigenvalue weighted by atomic mass is 35.5. The molecule has 0 bridgehead atoms. The van der Waals surface area contributed by atoms with Crippen LogP contribution >= 0.6 is 22.9 Å². The van der Waals surface area contributed by atoms with Gasteiger partial charge in [0, 0.05) is 6.54 Å². The van der Waals surface area contributed by atoms with Crippen molar-refractivity contribution >= 4 is 34.7 Å². The zero-order chi connectivity index (χ0) is 17.3. The van der Waals surface area contributed by atoms with E-state index in [9.17, 15) is 13.6 Å². The van der Waals surface area contributed by atoms with Crippen LogP contribution in [0.5, 0.6) is 0 Å². The number of carbonyl (C=O) groups excluding carboxylic acids is 1. The minimum Gasteiger partial charge on any atom is -0.367 e. The Labute approximate surface area is 144 Å². The van der Waals surface area contributed by atoms with Crippen LogP contribution in [0.25, 0.3) is 10.6 Å². The Morgan fingerprint density at radius 3 is 2.75 bits per heavy atom. The van der Waals surface area contributed by atoms with E-state index in [0.29, 0.717) is 14.8 Å². The molecule has 0 aliphatic rings. The van der Waals surface area contributed by atoms with Crippen molar-refractivity contribution < 1.29 is 18.1 Å². The first-order chi connectivity index (χ1) is 11.5. The number of rotatable bonds is 4. The average Bonchev–Trinajstić information content (AvgIpc) is 3.14. The number of aromatic nitrogens is 1. The highest BCUT2D eigenvalue weighted by molar-refractivity contribution is 7.19. The molecule has 124 valence electrons. The third kappa shape index (κ3) is 3.24. The second-order valence-corrected chi connectivity index (χ2v) is 6.52. The molecule has 3 rings (SSSR count). The van der Waals surface area contributed by atoms with Crippen LogP contribution in [0.3, 0.4) is 0 Å². The molecule has 0 fully saturated rings. The molecule has 0 saturated heterocycles. The fraction of sp³-hybridized carbons (Fsp3) is 0.0667. The van der Waals surface area contributed by atoms with E-state index in [1.807, 2.05) is 0 Å². The number of nitrogens with zero attached hydrogens (tertiary/aromatic N) is 1. The molecule has 3 aromatic rings. The lowest BCUT2D eigenvalue weighted by Crippen LogP contribution is -2.23. The summed E-state index contributed by atoms with van der Waals surface area (Å²) in [5, 5.41) is 6.35. The fourth-order valence-corrected chi connectivity index (χ4v) is 3.08. The number of nitrogen functional groups attached to an aromatic ring is 1. The van der Waals surface area contributed by atoms with Crippen LogP contribution in [0.15, 0.2) is 34.9 Å². The Morgan fingerprint density at radius 2 is 2.08 bits per heavy atom. The summed E-state index contributed by atoms with van der Waals surface area (Å²) in [5.74, 6) is -2.62. The number of hydrogen-bond acceptors (Lipinski definition) is 5. The molecule has 24 heavy (non-hydrogen) atoms. The molecule has 0 saturated carbocycles. The summed E-state index contributed by atoms with van der Waals surface area (Å²) in [7, 11) is 0. The standard InChI is InChI=1S/C15H10ClF2N3O2S/c16-11-4-3-10(24-11)13-12(14(19)23-21-13)15(22)20-6-7-1-2-8(17)9(18)5-7/h1-5H,6,19H2,(H,20,22). The number of nitrogens with one attached hydrogen (secondary N) is 1. The summed E-state index contributed by atoms with van der Waals surface area (Å²) in [6.45, 7) is -0.00864. The van der Waals surface area contributed by atoms with Gasteiger partial charge in [0.2, 0.25) is 5.88 Å². The van der Waals surface area contributed by atoms with Gasteiger partial charge in [-0.15, -0.1) is 11.3 Å². The first kappa shape index (κ1) is 16.4. The van der Waals surface area contributed by atoms with E-state index in [1.54, 1.807) is 12.1 Å². The molecule has 0 atom stereocenters. The van der Waals surface area contributed by atoms with E-state index < -0.39 is 17.5 Å². The van der Waals surface area contributed by atoms with Gasteiger partial charge in [-0.2, -0.15) is 0 Å². The normalized spacial score (nSPS) is 10.8. The van der Waals surface area contributed by atoms with Gasteiger partial charge in [-0.3, -0.25) is 4.79 Å². The fourth-order valence-electron chi connectivity index (χ4n) is 2.05. The van der Waals surface area contributed by atoms with Gasteiger partial charge in [-0.25, -0.2) is 8.78 Å². The van der Waals surface area contributed by atoms with Crippen LogP contribution in [0, 0.1) is 11.6 Å². The van der Waals surface area contributed by atoms with Gasteiger partial charge in [0.1, 0.15) is 11.3 Å². The lowest BCUT2D eigenvalue weighted by molar-refractivity contribution is 0.0952. The zero-order valence-corrected chi connectivity index (χ0v) is 13.5. The number of carbonyl (C=O) groups is 1.